The van der Waals surface area contributed by atoms with E-state index in [-0.39, 0.29) is 23.8 Å². The molecule has 144 valence electrons. The molecule has 6 nitrogen and oxygen atoms in total. The lowest BCUT2D eigenvalue weighted by molar-refractivity contribution is -0.132. The van der Waals surface area contributed by atoms with E-state index in [1.54, 1.807) is 18.7 Å². The van der Waals surface area contributed by atoms with Crippen LogP contribution < -0.4 is 5.56 Å². The summed E-state index contributed by atoms with van der Waals surface area (Å²) in [6.07, 6.45) is 1.88. The van der Waals surface area contributed by atoms with Gasteiger partial charge in [0.05, 0.1) is 12.5 Å². The number of nitrogens with zero attached hydrogens (tertiary/aromatic N) is 2. The number of hydrogen-bond acceptors (Lipinski definition) is 4. The molecule has 3 rings (SSSR count). The van der Waals surface area contributed by atoms with Crippen LogP contribution in [0.2, 0.25) is 0 Å². The number of hydrogen-bond donors (Lipinski definition) is 2. The van der Waals surface area contributed by atoms with Crippen LogP contribution in [0.5, 0.6) is 0 Å². The van der Waals surface area contributed by atoms with E-state index in [2.05, 4.69) is 9.97 Å². The summed E-state index contributed by atoms with van der Waals surface area (Å²) < 4.78 is 0. The maximum absolute atomic E-state index is 12.6. The highest BCUT2D eigenvalue weighted by Crippen LogP contribution is 2.23. The Hall–Kier alpha value is -2.47. The standard InChI is InChI=1S/C21H27N3O3/c1-14-18(21(27)23-15(2)22-14)13-20(26)24-10-8-17(9-11-24)19(25)12-16-6-4-3-5-7-16/h3-7,17,19,25H,8-13H2,1-2H3,(H,22,23,27). The second kappa shape index (κ2) is 8.48. The monoisotopic (exact) mass is 369 g/mol. The first-order chi connectivity index (χ1) is 12.9. The molecule has 27 heavy (non-hydrogen) atoms. The molecular formula is C21H27N3O3. The van der Waals surface area contributed by atoms with Gasteiger partial charge in [-0.2, -0.15) is 0 Å². The first kappa shape index (κ1) is 19.3. The van der Waals surface area contributed by atoms with E-state index in [4.69, 9.17) is 0 Å². The molecule has 2 heterocycles. The molecule has 6 heteroatoms. The van der Waals surface area contributed by atoms with Crippen molar-refractivity contribution >= 4 is 5.91 Å². The summed E-state index contributed by atoms with van der Waals surface area (Å²) in [5.74, 6) is 0.701. The normalized spacial score (nSPS) is 16.3. The number of piperidine rings is 1. The summed E-state index contributed by atoms with van der Waals surface area (Å²) in [5, 5.41) is 10.5. The fourth-order valence-corrected chi connectivity index (χ4v) is 3.78. The maximum atomic E-state index is 12.6. The van der Waals surface area contributed by atoms with Gasteiger partial charge in [0, 0.05) is 24.3 Å². The molecule has 1 aliphatic rings. The number of rotatable bonds is 5. The Kier molecular flexibility index (Phi) is 6.06. The van der Waals surface area contributed by atoms with Gasteiger partial charge in [-0.1, -0.05) is 30.3 Å². The number of amides is 1. The highest BCUT2D eigenvalue weighted by molar-refractivity contribution is 5.79. The number of nitrogens with one attached hydrogen (secondary N) is 1. The lowest BCUT2D eigenvalue weighted by atomic mass is 9.88. The lowest BCUT2D eigenvalue weighted by Gasteiger charge is -2.34. The first-order valence-electron chi connectivity index (χ1n) is 9.50. The summed E-state index contributed by atoms with van der Waals surface area (Å²) in [4.78, 5) is 33.4. The van der Waals surface area contributed by atoms with Crippen LogP contribution in [0.25, 0.3) is 0 Å². The van der Waals surface area contributed by atoms with E-state index >= 15 is 0 Å². The third-order valence-electron chi connectivity index (χ3n) is 5.39. The van der Waals surface area contributed by atoms with Crippen LogP contribution in [0.1, 0.15) is 35.5 Å². The van der Waals surface area contributed by atoms with Crippen molar-refractivity contribution in [2.75, 3.05) is 13.1 Å². The average molecular weight is 369 g/mol. The topological polar surface area (TPSA) is 86.3 Å². The van der Waals surface area contributed by atoms with E-state index in [0.717, 1.165) is 18.4 Å². The Balaban J connectivity index is 1.54. The van der Waals surface area contributed by atoms with Gasteiger partial charge >= 0.3 is 0 Å². The molecule has 1 amide bonds. The fourth-order valence-electron chi connectivity index (χ4n) is 3.78. The van der Waals surface area contributed by atoms with Crippen molar-refractivity contribution in [2.45, 2.75) is 45.6 Å². The Morgan fingerprint density at radius 3 is 2.56 bits per heavy atom. The SMILES string of the molecule is Cc1nc(C)c(CC(=O)N2CCC(C(O)Cc3ccccc3)CC2)c(=O)[nH]1. The van der Waals surface area contributed by atoms with Gasteiger partial charge in [0.15, 0.2) is 0 Å². The van der Waals surface area contributed by atoms with Crippen LogP contribution in [0.15, 0.2) is 35.1 Å². The van der Waals surface area contributed by atoms with Crippen LogP contribution in [0.3, 0.4) is 0 Å². The molecule has 2 N–H and O–H groups in total. The van der Waals surface area contributed by atoms with E-state index in [1.807, 2.05) is 30.3 Å². The number of likely N-dealkylation sites (tertiary alicyclic amines) is 1. The van der Waals surface area contributed by atoms with Crippen LogP contribution in [0.4, 0.5) is 0 Å². The predicted octanol–water partition coefficient (Wildman–Crippen LogP) is 1.77. The first-order valence-corrected chi connectivity index (χ1v) is 9.50. The zero-order valence-electron chi connectivity index (χ0n) is 15.9. The van der Waals surface area contributed by atoms with Crippen molar-refractivity contribution < 1.29 is 9.90 Å². The molecule has 0 aliphatic carbocycles. The van der Waals surface area contributed by atoms with Crippen LogP contribution in [-0.4, -0.2) is 45.1 Å². The van der Waals surface area contributed by atoms with E-state index < -0.39 is 6.10 Å². The van der Waals surface area contributed by atoms with Crippen LogP contribution in [-0.2, 0) is 17.6 Å². The quantitative estimate of drug-likeness (QED) is 0.841. The molecule has 1 saturated heterocycles. The molecule has 0 radical (unpaired) electrons. The summed E-state index contributed by atoms with van der Waals surface area (Å²) in [6, 6.07) is 9.98. The predicted molar refractivity (Wildman–Crippen MR) is 103 cm³/mol. The number of aliphatic hydroxyl groups is 1. The minimum absolute atomic E-state index is 0.0507. The van der Waals surface area contributed by atoms with Gasteiger partial charge in [-0.05, 0) is 44.6 Å². The van der Waals surface area contributed by atoms with Gasteiger partial charge in [0.1, 0.15) is 5.82 Å². The van der Waals surface area contributed by atoms with Gasteiger partial charge in [-0.25, -0.2) is 4.98 Å². The van der Waals surface area contributed by atoms with Crippen molar-refractivity contribution in [1.29, 1.82) is 0 Å². The number of carbonyl (C=O) groups excluding carboxylic acids is 1. The molecule has 0 saturated carbocycles. The van der Waals surface area contributed by atoms with Crippen molar-refractivity contribution in [3.05, 3.63) is 63.3 Å². The zero-order valence-corrected chi connectivity index (χ0v) is 15.9. The Morgan fingerprint density at radius 1 is 1.26 bits per heavy atom. The Morgan fingerprint density at radius 2 is 1.93 bits per heavy atom. The summed E-state index contributed by atoms with van der Waals surface area (Å²) in [5.41, 5.74) is 1.95. The smallest absolute Gasteiger partial charge is 0.254 e. The van der Waals surface area contributed by atoms with Crippen molar-refractivity contribution in [3.63, 3.8) is 0 Å². The lowest BCUT2D eigenvalue weighted by Crippen LogP contribution is -2.43. The van der Waals surface area contributed by atoms with E-state index in [0.29, 0.717) is 36.6 Å². The summed E-state index contributed by atoms with van der Waals surface area (Å²) in [7, 11) is 0. The third-order valence-corrected chi connectivity index (χ3v) is 5.39. The molecule has 0 bridgehead atoms. The second-order valence-electron chi connectivity index (χ2n) is 7.37. The minimum atomic E-state index is -0.393. The molecule has 1 aliphatic heterocycles. The van der Waals surface area contributed by atoms with Gasteiger partial charge in [-0.3, -0.25) is 9.59 Å². The minimum Gasteiger partial charge on any atom is -0.392 e. The fraction of sp³-hybridized carbons (Fsp3) is 0.476. The van der Waals surface area contributed by atoms with Crippen LogP contribution in [0, 0.1) is 19.8 Å². The molecule has 1 aromatic carbocycles. The van der Waals surface area contributed by atoms with Crippen LogP contribution >= 0.6 is 0 Å². The number of aliphatic hydroxyl groups excluding tert-OH is 1. The molecule has 2 aromatic rings. The summed E-state index contributed by atoms with van der Waals surface area (Å²) in [6.45, 7) is 4.72. The third kappa shape index (κ3) is 4.83. The Bertz CT molecular complexity index is 839. The number of benzene rings is 1. The highest BCUT2D eigenvalue weighted by atomic mass is 16.3. The number of aromatic nitrogens is 2. The molecule has 1 fully saturated rings. The number of aromatic amines is 1. The molecule has 1 atom stereocenters. The zero-order chi connectivity index (χ0) is 19.4. The maximum Gasteiger partial charge on any atom is 0.254 e. The van der Waals surface area contributed by atoms with E-state index in [9.17, 15) is 14.7 Å². The van der Waals surface area contributed by atoms with Gasteiger partial charge in [0.25, 0.3) is 5.56 Å². The van der Waals surface area contributed by atoms with Gasteiger partial charge < -0.3 is 15.0 Å². The average Bonchev–Trinajstić information content (AvgIpc) is 2.65. The summed E-state index contributed by atoms with van der Waals surface area (Å²) >= 11 is 0. The van der Waals surface area contributed by atoms with Gasteiger partial charge in [0.2, 0.25) is 5.91 Å². The molecule has 1 unspecified atom stereocenters. The van der Waals surface area contributed by atoms with Crippen molar-refractivity contribution in [2.24, 2.45) is 5.92 Å². The van der Waals surface area contributed by atoms with Crippen molar-refractivity contribution in [1.82, 2.24) is 14.9 Å². The largest absolute Gasteiger partial charge is 0.392 e. The number of H-pyrrole nitrogens is 1. The molecule has 1 aromatic heterocycles. The molecular weight excluding hydrogens is 342 g/mol. The molecule has 0 spiro atoms. The van der Waals surface area contributed by atoms with Gasteiger partial charge in [-0.15, -0.1) is 0 Å². The van der Waals surface area contributed by atoms with Crippen molar-refractivity contribution in [3.8, 4) is 0 Å². The number of aryl methyl sites for hydroxylation is 2. The van der Waals surface area contributed by atoms with E-state index in [1.165, 1.54) is 0 Å². The Labute approximate surface area is 159 Å². The highest BCUT2D eigenvalue weighted by Gasteiger charge is 2.28. The second-order valence-corrected chi connectivity index (χ2v) is 7.37. The number of carbonyl (C=O) groups is 1.